The molecule has 17 heavy (non-hydrogen) atoms. The summed E-state index contributed by atoms with van der Waals surface area (Å²) in [5.41, 5.74) is 1.07. The summed E-state index contributed by atoms with van der Waals surface area (Å²) in [4.78, 5) is 0. The second kappa shape index (κ2) is 6.05. The molecule has 0 aromatic carbocycles. The number of nitrogens with zero attached hydrogens (tertiary/aromatic N) is 2. The van der Waals surface area contributed by atoms with Gasteiger partial charge in [0.15, 0.2) is 0 Å². The molecule has 0 spiro atoms. The molecular weight excluding hydrogens is 214 g/mol. The van der Waals surface area contributed by atoms with Crippen LogP contribution in [0.25, 0.3) is 0 Å². The van der Waals surface area contributed by atoms with Gasteiger partial charge >= 0.3 is 0 Å². The van der Waals surface area contributed by atoms with Gasteiger partial charge in [0.25, 0.3) is 0 Å². The van der Waals surface area contributed by atoms with Crippen LogP contribution in [0.15, 0.2) is 12.4 Å². The molecule has 4 nitrogen and oxygen atoms in total. The third-order valence-electron chi connectivity index (χ3n) is 3.67. The maximum absolute atomic E-state index is 8.73. The smallest absolute Gasteiger partial charge is 0.0726 e. The van der Waals surface area contributed by atoms with Crippen LogP contribution in [0.3, 0.4) is 0 Å². The van der Waals surface area contributed by atoms with Crippen molar-refractivity contribution < 1.29 is 5.11 Å². The zero-order chi connectivity index (χ0) is 12.1. The van der Waals surface area contributed by atoms with Gasteiger partial charge in [0.05, 0.1) is 17.9 Å². The summed E-state index contributed by atoms with van der Waals surface area (Å²) < 4.78 is 2.12. The van der Waals surface area contributed by atoms with Gasteiger partial charge in [0.2, 0.25) is 0 Å². The van der Waals surface area contributed by atoms with E-state index in [0.717, 1.165) is 24.6 Å². The van der Waals surface area contributed by atoms with E-state index >= 15 is 0 Å². The molecule has 1 aliphatic carbocycles. The van der Waals surface area contributed by atoms with E-state index in [4.69, 9.17) is 5.11 Å². The van der Waals surface area contributed by atoms with E-state index < -0.39 is 0 Å². The van der Waals surface area contributed by atoms with Crippen LogP contribution in [0, 0.1) is 5.92 Å². The van der Waals surface area contributed by atoms with Crippen LogP contribution in [-0.2, 0) is 0 Å². The monoisotopic (exact) mass is 237 g/mol. The highest BCUT2D eigenvalue weighted by molar-refractivity contribution is 5.38. The molecule has 1 aliphatic rings. The second-order valence-corrected chi connectivity index (χ2v) is 5.04. The summed E-state index contributed by atoms with van der Waals surface area (Å²) in [6.07, 6.45) is 10.0. The number of aliphatic hydroxyl groups is 1. The van der Waals surface area contributed by atoms with Crippen LogP contribution in [0.1, 0.15) is 45.1 Å². The lowest BCUT2D eigenvalue weighted by Gasteiger charge is -2.28. The molecule has 2 rings (SSSR count). The van der Waals surface area contributed by atoms with Gasteiger partial charge in [-0.25, -0.2) is 0 Å². The number of aliphatic hydroxyl groups excluding tert-OH is 1. The SMILES string of the molecule is CC1CCCCC1n1cc(NCCCO)cn1. The van der Waals surface area contributed by atoms with E-state index in [1.807, 2.05) is 6.20 Å². The van der Waals surface area contributed by atoms with E-state index in [9.17, 15) is 0 Å². The highest BCUT2D eigenvalue weighted by Gasteiger charge is 2.23. The van der Waals surface area contributed by atoms with E-state index in [1.165, 1.54) is 25.7 Å². The summed E-state index contributed by atoms with van der Waals surface area (Å²) in [5.74, 6) is 0.731. The van der Waals surface area contributed by atoms with Crippen LogP contribution >= 0.6 is 0 Å². The fraction of sp³-hybridized carbons (Fsp3) is 0.769. The Labute approximate surface area is 103 Å². The molecule has 0 amide bonds. The van der Waals surface area contributed by atoms with Gasteiger partial charge in [0.1, 0.15) is 0 Å². The standard InChI is InChI=1S/C13H23N3O/c1-11-5-2-3-6-13(11)16-10-12(9-15-16)14-7-4-8-17/h9-11,13-14,17H,2-8H2,1H3. The fourth-order valence-electron chi connectivity index (χ4n) is 2.61. The maximum Gasteiger partial charge on any atom is 0.0726 e. The topological polar surface area (TPSA) is 50.1 Å². The lowest BCUT2D eigenvalue weighted by atomic mass is 9.86. The third-order valence-corrected chi connectivity index (χ3v) is 3.67. The Hall–Kier alpha value is -1.03. The number of hydrogen-bond donors (Lipinski definition) is 2. The first-order chi connectivity index (χ1) is 8.31. The minimum atomic E-state index is 0.237. The van der Waals surface area contributed by atoms with Crippen molar-refractivity contribution in [1.82, 2.24) is 9.78 Å². The summed E-state index contributed by atoms with van der Waals surface area (Å²) in [7, 11) is 0. The number of nitrogens with one attached hydrogen (secondary N) is 1. The third kappa shape index (κ3) is 3.22. The molecule has 1 fully saturated rings. The van der Waals surface area contributed by atoms with Crippen molar-refractivity contribution in [3.8, 4) is 0 Å². The normalized spacial score (nSPS) is 24.8. The Morgan fingerprint density at radius 1 is 1.47 bits per heavy atom. The van der Waals surface area contributed by atoms with Gasteiger partial charge in [0, 0.05) is 19.3 Å². The van der Waals surface area contributed by atoms with Gasteiger partial charge in [-0.15, -0.1) is 0 Å². The molecule has 0 radical (unpaired) electrons. The predicted molar refractivity (Wildman–Crippen MR) is 69.1 cm³/mol. The largest absolute Gasteiger partial charge is 0.396 e. The van der Waals surface area contributed by atoms with Crippen molar-refractivity contribution in [2.24, 2.45) is 5.92 Å². The van der Waals surface area contributed by atoms with E-state index in [-0.39, 0.29) is 6.61 Å². The molecule has 2 atom stereocenters. The molecular formula is C13H23N3O. The number of hydrogen-bond acceptors (Lipinski definition) is 3. The van der Waals surface area contributed by atoms with Crippen LogP contribution in [-0.4, -0.2) is 28.0 Å². The molecule has 0 bridgehead atoms. The Morgan fingerprint density at radius 2 is 2.29 bits per heavy atom. The first kappa shape index (κ1) is 12.4. The van der Waals surface area contributed by atoms with Crippen molar-refractivity contribution in [1.29, 1.82) is 0 Å². The average molecular weight is 237 g/mol. The van der Waals surface area contributed by atoms with Gasteiger partial charge in [-0.3, -0.25) is 4.68 Å². The van der Waals surface area contributed by atoms with Crippen molar-refractivity contribution in [3.05, 3.63) is 12.4 Å². The lowest BCUT2D eigenvalue weighted by molar-refractivity contribution is 0.240. The van der Waals surface area contributed by atoms with Gasteiger partial charge in [-0.2, -0.15) is 5.10 Å². The molecule has 0 saturated heterocycles. The predicted octanol–water partition coefficient (Wildman–Crippen LogP) is 2.43. The molecule has 1 aromatic rings. The van der Waals surface area contributed by atoms with Gasteiger partial charge in [-0.1, -0.05) is 19.8 Å². The Balaban J connectivity index is 1.92. The van der Waals surface area contributed by atoms with Crippen LogP contribution in [0.2, 0.25) is 0 Å². The van der Waals surface area contributed by atoms with Crippen LogP contribution in [0.4, 0.5) is 5.69 Å². The quantitative estimate of drug-likeness (QED) is 0.773. The Morgan fingerprint density at radius 3 is 3.06 bits per heavy atom. The molecule has 4 heteroatoms. The molecule has 1 aromatic heterocycles. The van der Waals surface area contributed by atoms with E-state index in [0.29, 0.717) is 6.04 Å². The summed E-state index contributed by atoms with van der Waals surface area (Å²) in [5, 5.41) is 16.5. The van der Waals surface area contributed by atoms with Gasteiger partial charge < -0.3 is 10.4 Å². The fourth-order valence-corrected chi connectivity index (χ4v) is 2.61. The number of rotatable bonds is 5. The number of aromatic nitrogens is 2. The summed E-state index contributed by atoms with van der Waals surface area (Å²) in [6.45, 7) is 3.37. The van der Waals surface area contributed by atoms with Crippen molar-refractivity contribution >= 4 is 5.69 Å². The maximum atomic E-state index is 8.73. The highest BCUT2D eigenvalue weighted by Crippen LogP contribution is 2.33. The van der Waals surface area contributed by atoms with Crippen molar-refractivity contribution in [2.45, 2.75) is 45.1 Å². The molecule has 1 heterocycles. The van der Waals surface area contributed by atoms with Crippen LogP contribution < -0.4 is 5.32 Å². The van der Waals surface area contributed by atoms with E-state index in [2.05, 4.69) is 28.2 Å². The van der Waals surface area contributed by atoms with E-state index in [1.54, 1.807) is 0 Å². The number of anilines is 1. The molecule has 2 unspecified atom stereocenters. The molecule has 2 N–H and O–H groups in total. The molecule has 1 saturated carbocycles. The van der Waals surface area contributed by atoms with Crippen LogP contribution in [0.5, 0.6) is 0 Å². The minimum Gasteiger partial charge on any atom is -0.396 e. The molecule has 0 aliphatic heterocycles. The first-order valence-electron chi connectivity index (χ1n) is 6.70. The minimum absolute atomic E-state index is 0.237. The molecule has 96 valence electrons. The second-order valence-electron chi connectivity index (χ2n) is 5.04. The summed E-state index contributed by atoms with van der Waals surface area (Å²) >= 11 is 0. The first-order valence-corrected chi connectivity index (χ1v) is 6.70. The zero-order valence-corrected chi connectivity index (χ0v) is 10.6. The van der Waals surface area contributed by atoms with Crippen molar-refractivity contribution in [3.63, 3.8) is 0 Å². The van der Waals surface area contributed by atoms with Crippen molar-refractivity contribution in [2.75, 3.05) is 18.5 Å². The highest BCUT2D eigenvalue weighted by atomic mass is 16.3. The lowest BCUT2D eigenvalue weighted by Crippen LogP contribution is -2.21. The average Bonchev–Trinajstić information content (AvgIpc) is 2.79. The Kier molecular flexibility index (Phi) is 4.42. The van der Waals surface area contributed by atoms with Gasteiger partial charge in [-0.05, 0) is 25.2 Å². The summed E-state index contributed by atoms with van der Waals surface area (Å²) in [6, 6.07) is 0.567. The Bertz CT molecular complexity index is 337. The zero-order valence-electron chi connectivity index (χ0n) is 10.6.